The maximum atomic E-state index is 13.8. The molecule has 1 amide bonds. The number of rotatable bonds is 4. The van der Waals surface area contributed by atoms with Crippen LogP contribution < -0.4 is 5.32 Å². The summed E-state index contributed by atoms with van der Waals surface area (Å²) >= 11 is 12.2. The third-order valence-corrected chi connectivity index (χ3v) is 5.39. The van der Waals surface area contributed by atoms with Gasteiger partial charge in [-0.3, -0.25) is 4.79 Å². The van der Waals surface area contributed by atoms with E-state index in [0.29, 0.717) is 38.3 Å². The predicted molar refractivity (Wildman–Crippen MR) is 119 cm³/mol. The number of aryl methyl sites for hydroxylation is 2. The molecule has 0 aliphatic carbocycles. The van der Waals surface area contributed by atoms with Gasteiger partial charge in [-0.25, -0.2) is 9.37 Å². The van der Waals surface area contributed by atoms with Crippen molar-refractivity contribution in [3.63, 3.8) is 0 Å². The summed E-state index contributed by atoms with van der Waals surface area (Å²) in [7, 11) is 0. The Morgan fingerprint density at radius 2 is 1.90 bits per heavy atom. The molecule has 0 fully saturated rings. The molecule has 0 spiro atoms. The maximum absolute atomic E-state index is 13.8. The number of amides is 1. The van der Waals surface area contributed by atoms with Gasteiger partial charge >= 0.3 is 0 Å². The van der Waals surface area contributed by atoms with E-state index in [1.54, 1.807) is 37.3 Å². The number of nitrogens with zero attached hydrogens (tertiary/aromatic N) is 2. The Hall–Kier alpha value is -2.89. The number of anilines is 1. The molecule has 0 aliphatic rings. The highest BCUT2D eigenvalue weighted by Crippen LogP contribution is 2.29. The highest BCUT2D eigenvalue weighted by Gasteiger charge is 2.18. The monoisotopic (exact) mass is 441 g/mol. The minimum Gasteiger partial charge on any atom is -0.324 e. The van der Waals surface area contributed by atoms with Crippen LogP contribution in [-0.2, 0) is 11.2 Å². The average Bonchev–Trinajstić information content (AvgIpc) is 3.04. The number of benzene rings is 2. The number of carbonyl (C=O) groups excluding carboxylic acids is 1. The van der Waals surface area contributed by atoms with E-state index in [4.69, 9.17) is 28.2 Å². The molecule has 152 valence electrons. The van der Waals surface area contributed by atoms with Crippen LogP contribution in [0.1, 0.15) is 16.8 Å². The van der Waals surface area contributed by atoms with Gasteiger partial charge in [0.25, 0.3) is 0 Å². The number of hydrogen-bond donors (Lipinski definition) is 1. The lowest BCUT2D eigenvalue weighted by Crippen LogP contribution is -2.16. The van der Waals surface area contributed by atoms with Crippen LogP contribution in [0.2, 0.25) is 10.0 Å². The van der Waals surface area contributed by atoms with Crippen LogP contribution in [-0.4, -0.2) is 15.3 Å². The first-order chi connectivity index (χ1) is 14.3. The molecule has 2 heterocycles. The Morgan fingerprint density at radius 1 is 1.10 bits per heavy atom. The van der Waals surface area contributed by atoms with Crippen LogP contribution in [0.5, 0.6) is 0 Å². The van der Waals surface area contributed by atoms with Gasteiger partial charge in [0.1, 0.15) is 11.5 Å². The smallest absolute Gasteiger partial charge is 0.230 e. The van der Waals surface area contributed by atoms with Gasteiger partial charge in [-0.05, 0) is 67.4 Å². The second-order valence-corrected chi connectivity index (χ2v) is 8.00. The van der Waals surface area contributed by atoms with Gasteiger partial charge < -0.3 is 9.72 Å². The number of nitrogens with one attached hydrogen (secondary N) is 1. The zero-order chi connectivity index (χ0) is 21.4. The van der Waals surface area contributed by atoms with E-state index in [9.17, 15) is 9.18 Å². The van der Waals surface area contributed by atoms with E-state index in [2.05, 4.69) is 5.32 Å². The van der Waals surface area contributed by atoms with Crippen molar-refractivity contribution < 1.29 is 9.18 Å². The molecule has 4 nitrogen and oxygen atoms in total. The maximum Gasteiger partial charge on any atom is 0.230 e. The van der Waals surface area contributed by atoms with Crippen LogP contribution in [0.4, 0.5) is 10.1 Å². The number of carbonyl (C=O) groups is 1. The summed E-state index contributed by atoms with van der Waals surface area (Å²) in [5.74, 6) is -0.546. The van der Waals surface area contributed by atoms with Crippen molar-refractivity contribution in [1.82, 2.24) is 9.38 Å². The molecule has 2 aromatic carbocycles. The predicted octanol–water partition coefficient (Wildman–Crippen LogP) is 6.25. The topological polar surface area (TPSA) is 46.4 Å². The Kier molecular flexibility index (Phi) is 5.50. The Labute approximate surface area is 183 Å². The van der Waals surface area contributed by atoms with Crippen LogP contribution in [0.15, 0.2) is 54.7 Å². The molecule has 0 saturated heterocycles. The van der Waals surface area contributed by atoms with Crippen LogP contribution in [0.3, 0.4) is 0 Å². The number of aromatic nitrogens is 2. The second-order valence-electron chi connectivity index (χ2n) is 7.15. The van der Waals surface area contributed by atoms with Crippen LogP contribution >= 0.6 is 23.2 Å². The molecule has 2 aromatic heterocycles. The van der Waals surface area contributed by atoms with E-state index < -0.39 is 0 Å². The van der Waals surface area contributed by atoms with Crippen molar-refractivity contribution >= 4 is 40.4 Å². The summed E-state index contributed by atoms with van der Waals surface area (Å²) in [4.78, 5) is 17.6. The number of imidazole rings is 1. The van der Waals surface area contributed by atoms with Crippen LogP contribution in [0, 0.1) is 19.7 Å². The van der Waals surface area contributed by atoms with Crippen molar-refractivity contribution in [2.75, 3.05) is 5.32 Å². The average molecular weight is 442 g/mol. The lowest BCUT2D eigenvalue weighted by atomic mass is 10.1. The fourth-order valence-electron chi connectivity index (χ4n) is 3.33. The van der Waals surface area contributed by atoms with E-state index in [-0.39, 0.29) is 18.1 Å². The number of hydrogen-bond acceptors (Lipinski definition) is 2. The van der Waals surface area contributed by atoms with Crippen molar-refractivity contribution in [2.24, 2.45) is 0 Å². The van der Waals surface area contributed by atoms with E-state index in [1.165, 1.54) is 6.07 Å². The number of pyridine rings is 1. The largest absolute Gasteiger partial charge is 0.324 e. The van der Waals surface area contributed by atoms with Gasteiger partial charge in [-0.15, -0.1) is 0 Å². The molecule has 4 aromatic rings. The molecule has 0 atom stereocenters. The normalized spacial score (nSPS) is 11.1. The van der Waals surface area contributed by atoms with Crippen molar-refractivity contribution in [3.05, 3.63) is 87.4 Å². The van der Waals surface area contributed by atoms with E-state index in [1.807, 2.05) is 29.7 Å². The molecule has 0 saturated carbocycles. The van der Waals surface area contributed by atoms with Gasteiger partial charge in [0.15, 0.2) is 0 Å². The summed E-state index contributed by atoms with van der Waals surface area (Å²) in [5.41, 5.74) is 4.79. The number of halogens is 3. The molecule has 0 aliphatic heterocycles. The van der Waals surface area contributed by atoms with Crippen molar-refractivity contribution in [3.8, 4) is 11.3 Å². The molecule has 7 heteroatoms. The first-order valence-corrected chi connectivity index (χ1v) is 10.1. The summed E-state index contributed by atoms with van der Waals surface area (Å²) < 4.78 is 15.7. The highest BCUT2D eigenvalue weighted by molar-refractivity contribution is 6.35. The molecule has 1 N–H and O–H groups in total. The fraction of sp³-hybridized carbons (Fsp3) is 0.130. The molecule has 4 rings (SSSR count). The van der Waals surface area contributed by atoms with Gasteiger partial charge in [0, 0.05) is 16.8 Å². The van der Waals surface area contributed by atoms with Crippen molar-refractivity contribution in [2.45, 2.75) is 20.3 Å². The first kappa shape index (κ1) is 20.4. The zero-order valence-corrected chi connectivity index (χ0v) is 17.9. The molecular formula is C23H18Cl2FN3O. The lowest BCUT2D eigenvalue weighted by Gasteiger charge is -2.10. The first-order valence-electron chi connectivity index (χ1n) is 9.31. The SMILES string of the molecule is Cc1ccc2nc(-c3ccc(F)c(C)c3)c(CC(=O)Nc3cc(Cl)ccc3Cl)n2c1. The Balaban J connectivity index is 1.76. The van der Waals surface area contributed by atoms with E-state index in [0.717, 1.165) is 11.1 Å². The highest BCUT2D eigenvalue weighted by atomic mass is 35.5. The van der Waals surface area contributed by atoms with Gasteiger partial charge in [-0.2, -0.15) is 0 Å². The molecule has 0 bridgehead atoms. The number of fused-ring (bicyclic) bond motifs is 1. The van der Waals surface area contributed by atoms with E-state index >= 15 is 0 Å². The third kappa shape index (κ3) is 4.04. The molecule has 0 unspecified atom stereocenters. The molecular weight excluding hydrogens is 424 g/mol. The third-order valence-electron chi connectivity index (χ3n) is 4.83. The summed E-state index contributed by atoms with van der Waals surface area (Å²) in [6.45, 7) is 3.67. The minimum absolute atomic E-state index is 0.0548. The Morgan fingerprint density at radius 3 is 2.67 bits per heavy atom. The van der Waals surface area contributed by atoms with Crippen molar-refractivity contribution in [1.29, 1.82) is 0 Å². The Bertz CT molecular complexity index is 1280. The summed E-state index contributed by atoms with van der Waals surface area (Å²) in [6.07, 6.45) is 1.98. The van der Waals surface area contributed by atoms with Gasteiger partial charge in [-0.1, -0.05) is 29.3 Å². The van der Waals surface area contributed by atoms with Gasteiger partial charge in [0.2, 0.25) is 5.91 Å². The molecule has 0 radical (unpaired) electrons. The van der Waals surface area contributed by atoms with Crippen LogP contribution in [0.25, 0.3) is 16.9 Å². The minimum atomic E-state index is -0.284. The lowest BCUT2D eigenvalue weighted by molar-refractivity contribution is -0.115. The summed E-state index contributed by atoms with van der Waals surface area (Å²) in [6, 6.07) is 13.6. The summed E-state index contributed by atoms with van der Waals surface area (Å²) in [5, 5.41) is 3.69. The second kappa shape index (κ2) is 8.09. The zero-order valence-electron chi connectivity index (χ0n) is 16.3. The standard InChI is InChI=1S/C23H18Cl2FN3O/c1-13-3-8-21-28-23(15-4-7-18(26)14(2)9-15)20(29(21)12-13)11-22(30)27-19-10-16(24)5-6-17(19)25/h3-10,12H,11H2,1-2H3,(H,27,30). The molecule has 30 heavy (non-hydrogen) atoms. The van der Waals surface area contributed by atoms with Gasteiger partial charge in [0.05, 0.1) is 28.5 Å². The fourth-order valence-corrected chi connectivity index (χ4v) is 3.67. The quantitative estimate of drug-likeness (QED) is 0.406.